The van der Waals surface area contributed by atoms with E-state index < -0.39 is 0 Å². The molecule has 0 saturated carbocycles. The van der Waals surface area contributed by atoms with Crippen LogP contribution in [0.4, 0.5) is 0 Å². The van der Waals surface area contributed by atoms with Gasteiger partial charge in [0.15, 0.2) is 0 Å². The fourth-order valence-corrected chi connectivity index (χ4v) is 2.61. The Labute approximate surface area is 110 Å². The molecule has 1 rings (SSSR count). The number of benzene rings is 1. The molecule has 2 unspecified atom stereocenters. The Morgan fingerprint density at radius 2 is 1.76 bits per heavy atom. The molecule has 0 heterocycles. The highest BCUT2D eigenvalue weighted by molar-refractivity contribution is 7.98. The fourth-order valence-electron chi connectivity index (χ4n) is 2.02. The van der Waals surface area contributed by atoms with Gasteiger partial charge in [-0.1, -0.05) is 44.2 Å². The Kier molecular flexibility index (Phi) is 6.68. The number of nitrogens with one attached hydrogen (secondary N) is 1. The lowest BCUT2D eigenvalue weighted by atomic mass is 9.95. The van der Waals surface area contributed by atoms with Crippen molar-refractivity contribution in [3.8, 4) is 0 Å². The fraction of sp³-hybridized carbons (Fsp3) is 0.600. The maximum absolute atomic E-state index is 3.75. The van der Waals surface area contributed by atoms with Gasteiger partial charge >= 0.3 is 0 Å². The van der Waals surface area contributed by atoms with Crippen molar-refractivity contribution in [1.82, 2.24) is 5.32 Å². The average Bonchev–Trinajstić information content (AvgIpc) is 2.34. The maximum Gasteiger partial charge on any atom is 0.0345 e. The van der Waals surface area contributed by atoms with Crippen molar-refractivity contribution in [3.63, 3.8) is 0 Å². The van der Waals surface area contributed by atoms with E-state index in [1.165, 1.54) is 17.7 Å². The van der Waals surface area contributed by atoms with Gasteiger partial charge in [0.2, 0.25) is 0 Å². The largest absolute Gasteiger partial charge is 0.307 e. The SMILES string of the molecule is CSCCC(C)NC(c1ccccc1)C(C)C. The molecule has 0 bridgehead atoms. The second-order valence-corrected chi connectivity index (χ2v) is 5.97. The number of rotatable bonds is 7. The van der Waals surface area contributed by atoms with E-state index in [-0.39, 0.29) is 0 Å². The molecule has 0 aliphatic rings. The normalized spacial score (nSPS) is 14.9. The van der Waals surface area contributed by atoms with Gasteiger partial charge in [0.05, 0.1) is 0 Å². The van der Waals surface area contributed by atoms with Gasteiger partial charge in [0.1, 0.15) is 0 Å². The Balaban J connectivity index is 2.61. The van der Waals surface area contributed by atoms with Gasteiger partial charge in [-0.2, -0.15) is 11.8 Å². The molecule has 2 heteroatoms. The topological polar surface area (TPSA) is 12.0 Å². The second kappa shape index (κ2) is 7.78. The van der Waals surface area contributed by atoms with Gasteiger partial charge in [-0.25, -0.2) is 0 Å². The molecule has 0 aliphatic carbocycles. The van der Waals surface area contributed by atoms with Gasteiger partial charge < -0.3 is 5.32 Å². The van der Waals surface area contributed by atoms with Crippen molar-refractivity contribution >= 4 is 11.8 Å². The van der Waals surface area contributed by atoms with E-state index in [2.05, 4.69) is 62.7 Å². The Bertz CT molecular complexity index is 297. The standard InChI is InChI=1S/C15H25NS/c1-12(2)15(14-8-6-5-7-9-14)16-13(3)10-11-17-4/h5-9,12-13,15-16H,10-11H2,1-4H3. The summed E-state index contributed by atoms with van der Waals surface area (Å²) in [4.78, 5) is 0. The summed E-state index contributed by atoms with van der Waals surface area (Å²) in [7, 11) is 0. The van der Waals surface area contributed by atoms with Gasteiger partial charge in [-0.15, -0.1) is 0 Å². The van der Waals surface area contributed by atoms with Crippen molar-refractivity contribution in [2.75, 3.05) is 12.0 Å². The Morgan fingerprint density at radius 3 is 2.29 bits per heavy atom. The van der Waals surface area contributed by atoms with Gasteiger partial charge in [-0.05, 0) is 36.8 Å². The first-order valence-electron chi connectivity index (χ1n) is 6.45. The molecule has 0 spiro atoms. The predicted molar refractivity (Wildman–Crippen MR) is 79.6 cm³/mol. The number of hydrogen-bond donors (Lipinski definition) is 1. The van der Waals surface area contributed by atoms with Crippen LogP contribution in [0.25, 0.3) is 0 Å². The summed E-state index contributed by atoms with van der Waals surface area (Å²) < 4.78 is 0. The van der Waals surface area contributed by atoms with E-state index >= 15 is 0 Å². The molecule has 2 atom stereocenters. The third-order valence-electron chi connectivity index (χ3n) is 3.04. The summed E-state index contributed by atoms with van der Waals surface area (Å²) in [6, 6.07) is 11.8. The van der Waals surface area contributed by atoms with Crippen LogP contribution in [-0.4, -0.2) is 18.1 Å². The van der Waals surface area contributed by atoms with E-state index in [1.54, 1.807) is 0 Å². The molecular weight excluding hydrogens is 226 g/mol. The molecule has 1 nitrogen and oxygen atoms in total. The molecule has 0 saturated heterocycles. The zero-order valence-corrected chi connectivity index (χ0v) is 12.3. The van der Waals surface area contributed by atoms with Gasteiger partial charge in [0, 0.05) is 12.1 Å². The minimum absolute atomic E-state index is 0.466. The van der Waals surface area contributed by atoms with Crippen LogP contribution in [0, 0.1) is 5.92 Å². The van der Waals surface area contributed by atoms with Crippen LogP contribution in [0.1, 0.15) is 38.8 Å². The maximum atomic E-state index is 3.75. The van der Waals surface area contributed by atoms with Crippen molar-refractivity contribution < 1.29 is 0 Å². The molecule has 17 heavy (non-hydrogen) atoms. The van der Waals surface area contributed by atoms with Crippen LogP contribution >= 0.6 is 11.8 Å². The van der Waals surface area contributed by atoms with Crippen LogP contribution in [0.5, 0.6) is 0 Å². The molecule has 0 radical (unpaired) electrons. The van der Waals surface area contributed by atoms with Crippen LogP contribution < -0.4 is 5.32 Å². The molecule has 0 aromatic heterocycles. The summed E-state index contributed by atoms with van der Waals surface area (Å²) in [5, 5.41) is 3.75. The average molecular weight is 251 g/mol. The van der Waals surface area contributed by atoms with Crippen LogP contribution in [0.2, 0.25) is 0 Å². The van der Waals surface area contributed by atoms with Gasteiger partial charge in [0.25, 0.3) is 0 Å². The summed E-state index contributed by atoms with van der Waals surface area (Å²) in [5.41, 5.74) is 1.40. The Hall–Kier alpha value is -0.470. The Morgan fingerprint density at radius 1 is 1.12 bits per heavy atom. The van der Waals surface area contributed by atoms with E-state index in [4.69, 9.17) is 0 Å². The first kappa shape index (κ1) is 14.6. The smallest absolute Gasteiger partial charge is 0.0345 e. The lowest BCUT2D eigenvalue weighted by molar-refractivity contribution is 0.366. The third-order valence-corrected chi connectivity index (χ3v) is 3.69. The van der Waals surface area contributed by atoms with Crippen LogP contribution in [0.15, 0.2) is 30.3 Å². The zero-order chi connectivity index (χ0) is 12.7. The van der Waals surface area contributed by atoms with Crippen LogP contribution in [0.3, 0.4) is 0 Å². The molecular formula is C15H25NS. The highest BCUT2D eigenvalue weighted by atomic mass is 32.2. The van der Waals surface area contributed by atoms with Crippen molar-refractivity contribution in [2.45, 2.75) is 39.3 Å². The summed E-state index contributed by atoms with van der Waals surface area (Å²) in [6.45, 7) is 6.85. The summed E-state index contributed by atoms with van der Waals surface area (Å²) >= 11 is 1.92. The molecule has 0 amide bonds. The number of thioether (sulfide) groups is 1. The van der Waals surface area contributed by atoms with Crippen molar-refractivity contribution in [1.29, 1.82) is 0 Å². The first-order chi connectivity index (χ1) is 8.15. The van der Waals surface area contributed by atoms with Gasteiger partial charge in [-0.3, -0.25) is 0 Å². The quantitative estimate of drug-likeness (QED) is 0.782. The minimum Gasteiger partial charge on any atom is -0.307 e. The third kappa shape index (κ3) is 5.13. The lowest BCUT2D eigenvalue weighted by Gasteiger charge is -2.27. The minimum atomic E-state index is 0.466. The highest BCUT2D eigenvalue weighted by Gasteiger charge is 2.17. The monoisotopic (exact) mass is 251 g/mol. The zero-order valence-electron chi connectivity index (χ0n) is 11.4. The van der Waals surface area contributed by atoms with E-state index in [0.717, 1.165) is 0 Å². The summed E-state index contributed by atoms with van der Waals surface area (Å²) in [6.07, 6.45) is 3.40. The summed E-state index contributed by atoms with van der Waals surface area (Å²) in [5.74, 6) is 1.85. The lowest BCUT2D eigenvalue weighted by Crippen LogP contribution is -2.33. The molecule has 1 N–H and O–H groups in total. The van der Waals surface area contributed by atoms with Crippen molar-refractivity contribution in [3.05, 3.63) is 35.9 Å². The van der Waals surface area contributed by atoms with E-state index in [1.807, 2.05) is 11.8 Å². The molecule has 1 aromatic rings. The molecule has 1 aromatic carbocycles. The second-order valence-electron chi connectivity index (χ2n) is 4.98. The van der Waals surface area contributed by atoms with E-state index in [9.17, 15) is 0 Å². The van der Waals surface area contributed by atoms with Crippen LogP contribution in [-0.2, 0) is 0 Å². The van der Waals surface area contributed by atoms with E-state index in [0.29, 0.717) is 18.0 Å². The molecule has 0 aliphatic heterocycles. The molecule has 0 fully saturated rings. The predicted octanol–water partition coefficient (Wildman–Crippen LogP) is 4.11. The molecule has 96 valence electrons. The van der Waals surface area contributed by atoms with Crippen molar-refractivity contribution in [2.24, 2.45) is 5.92 Å². The number of hydrogen-bond acceptors (Lipinski definition) is 2. The highest BCUT2D eigenvalue weighted by Crippen LogP contribution is 2.22. The first-order valence-corrected chi connectivity index (χ1v) is 7.84.